The fourth-order valence-electron chi connectivity index (χ4n) is 2.58. The van der Waals surface area contributed by atoms with Gasteiger partial charge in [0.1, 0.15) is 17.2 Å². The molecule has 1 heterocycles. The molecule has 1 aromatic heterocycles. The number of methoxy groups -OCH3 is 3. The van der Waals surface area contributed by atoms with Gasteiger partial charge in [-0.2, -0.15) is 0 Å². The molecule has 0 fully saturated rings. The second kappa shape index (κ2) is 8.73. The molecule has 1 N–H and O–H groups in total. The van der Waals surface area contributed by atoms with E-state index in [9.17, 15) is 4.79 Å². The van der Waals surface area contributed by atoms with E-state index < -0.39 is 5.91 Å². The molecule has 0 radical (unpaired) electrons. The molecular formula is C19H19ClN4O4. The lowest BCUT2D eigenvalue weighted by atomic mass is 10.2. The first-order valence-corrected chi connectivity index (χ1v) is 8.68. The number of amides is 1. The van der Waals surface area contributed by atoms with Crippen LogP contribution >= 0.6 is 11.6 Å². The van der Waals surface area contributed by atoms with Gasteiger partial charge in [-0.15, -0.1) is 5.10 Å². The Labute approximate surface area is 167 Å². The summed E-state index contributed by atoms with van der Waals surface area (Å²) in [5.41, 5.74) is 1.77. The van der Waals surface area contributed by atoms with Crippen LogP contribution in [0, 0.1) is 0 Å². The quantitative estimate of drug-likeness (QED) is 0.652. The van der Waals surface area contributed by atoms with E-state index in [1.165, 1.54) is 14.2 Å². The second-order valence-corrected chi connectivity index (χ2v) is 6.13. The Kier molecular flexibility index (Phi) is 6.13. The predicted octanol–water partition coefficient (Wildman–Crippen LogP) is 3.34. The van der Waals surface area contributed by atoms with Crippen LogP contribution < -0.4 is 14.8 Å². The third-order valence-electron chi connectivity index (χ3n) is 4.00. The van der Waals surface area contributed by atoms with E-state index >= 15 is 0 Å². The largest absolute Gasteiger partial charge is 0.497 e. The highest BCUT2D eigenvalue weighted by Gasteiger charge is 2.21. The van der Waals surface area contributed by atoms with E-state index in [1.807, 2.05) is 12.1 Å². The zero-order valence-electron chi connectivity index (χ0n) is 15.6. The molecule has 0 aliphatic heterocycles. The van der Waals surface area contributed by atoms with E-state index in [0.29, 0.717) is 27.9 Å². The Hall–Kier alpha value is -3.10. The minimum Gasteiger partial charge on any atom is -0.497 e. The van der Waals surface area contributed by atoms with Crippen molar-refractivity contribution in [1.82, 2.24) is 15.0 Å². The van der Waals surface area contributed by atoms with Crippen molar-refractivity contribution in [3.05, 3.63) is 58.9 Å². The van der Waals surface area contributed by atoms with Crippen LogP contribution in [0.5, 0.6) is 11.5 Å². The lowest BCUT2D eigenvalue weighted by Gasteiger charge is -2.10. The molecule has 0 aliphatic carbocycles. The van der Waals surface area contributed by atoms with Crippen molar-refractivity contribution in [3.8, 4) is 17.2 Å². The van der Waals surface area contributed by atoms with Gasteiger partial charge in [0, 0.05) is 13.2 Å². The molecule has 8 nitrogen and oxygen atoms in total. The van der Waals surface area contributed by atoms with Crippen LogP contribution in [0.1, 0.15) is 16.2 Å². The van der Waals surface area contributed by atoms with Gasteiger partial charge in [0.05, 0.1) is 37.2 Å². The normalized spacial score (nSPS) is 10.6. The summed E-state index contributed by atoms with van der Waals surface area (Å²) in [7, 11) is 4.66. The van der Waals surface area contributed by atoms with Gasteiger partial charge in [-0.1, -0.05) is 16.8 Å². The average Bonchev–Trinajstić information content (AvgIpc) is 3.13. The highest BCUT2D eigenvalue weighted by atomic mass is 35.5. The molecule has 3 aromatic rings. The van der Waals surface area contributed by atoms with Crippen LogP contribution in [0.25, 0.3) is 5.69 Å². The molecule has 0 bridgehead atoms. The molecule has 3 rings (SSSR count). The predicted molar refractivity (Wildman–Crippen MR) is 105 cm³/mol. The minimum absolute atomic E-state index is 0.136. The number of carbonyl (C=O) groups is 1. The molecular weight excluding hydrogens is 384 g/mol. The maximum atomic E-state index is 12.8. The maximum absolute atomic E-state index is 12.8. The van der Waals surface area contributed by atoms with Gasteiger partial charge < -0.3 is 19.5 Å². The maximum Gasteiger partial charge on any atom is 0.278 e. The lowest BCUT2D eigenvalue weighted by Crippen LogP contribution is -2.16. The summed E-state index contributed by atoms with van der Waals surface area (Å²) in [4.78, 5) is 12.8. The fourth-order valence-corrected chi connectivity index (χ4v) is 2.75. The van der Waals surface area contributed by atoms with Gasteiger partial charge in [0.2, 0.25) is 0 Å². The smallest absolute Gasteiger partial charge is 0.278 e. The van der Waals surface area contributed by atoms with Crippen molar-refractivity contribution < 1.29 is 19.0 Å². The van der Waals surface area contributed by atoms with Crippen molar-refractivity contribution in [1.29, 1.82) is 0 Å². The van der Waals surface area contributed by atoms with Crippen LogP contribution in [-0.4, -0.2) is 42.2 Å². The highest BCUT2D eigenvalue weighted by Crippen LogP contribution is 2.27. The van der Waals surface area contributed by atoms with Crippen molar-refractivity contribution in [2.75, 3.05) is 26.6 Å². The summed E-state index contributed by atoms with van der Waals surface area (Å²) in [5, 5.41) is 11.3. The van der Waals surface area contributed by atoms with E-state index in [-0.39, 0.29) is 12.3 Å². The van der Waals surface area contributed by atoms with Crippen LogP contribution in [-0.2, 0) is 11.3 Å². The number of aromatic nitrogens is 3. The van der Waals surface area contributed by atoms with Gasteiger partial charge in [0.15, 0.2) is 5.69 Å². The molecule has 0 atom stereocenters. The van der Waals surface area contributed by atoms with Crippen molar-refractivity contribution >= 4 is 23.2 Å². The Morgan fingerprint density at radius 3 is 2.39 bits per heavy atom. The molecule has 0 unspecified atom stereocenters. The summed E-state index contributed by atoms with van der Waals surface area (Å²) in [5.74, 6) is 0.823. The van der Waals surface area contributed by atoms with Crippen LogP contribution in [0.2, 0.25) is 5.02 Å². The summed E-state index contributed by atoms with van der Waals surface area (Å²) < 4.78 is 17.1. The number of benzene rings is 2. The number of nitrogens with one attached hydrogen (secondary N) is 1. The van der Waals surface area contributed by atoms with Crippen molar-refractivity contribution in [3.63, 3.8) is 0 Å². The lowest BCUT2D eigenvalue weighted by molar-refractivity contribution is 0.101. The number of rotatable bonds is 7. The van der Waals surface area contributed by atoms with Gasteiger partial charge in [-0.05, 0) is 36.4 Å². The molecule has 146 valence electrons. The van der Waals surface area contributed by atoms with E-state index in [2.05, 4.69) is 15.6 Å². The third kappa shape index (κ3) is 4.08. The Balaban J connectivity index is 1.93. The zero-order chi connectivity index (χ0) is 20.1. The number of halogens is 1. The van der Waals surface area contributed by atoms with Crippen LogP contribution in [0.3, 0.4) is 0 Å². The number of hydrogen-bond donors (Lipinski definition) is 1. The third-order valence-corrected chi connectivity index (χ3v) is 4.33. The van der Waals surface area contributed by atoms with Gasteiger partial charge in [0.25, 0.3) is 5.91 Å². The summed E-state index contributed by atoms with van der Waals surface area (Å²) in [6, 6.07) is 12.2. The van der Waals surface area contributed by atoms with E-state index in [0.717, 1.165) is 5.69 Å². The SMILES string of the molecule is COCc1c(C(=O)Nc2cc(OC)ccc2Cl)nnn1-c1ccc(OC)cc1. The Bertz CT molecular complexity index is 973. The summed E-state index contributed by atoms with van der Waals surface area (Å²) in [6.45, 7) is 0.146. The fraction of sp³-hybridized carbons (Fsp3) is 0.211. The first kappa shape index (κ1) is 19.7. The van der Waals surface area contributed by atoms with Crippen molar-refractivity contribution in [2.45, 2.75) is 6.61 Å². The van der Waals surface area contributed by atoms with Gasteiger partial charge in [-0.25, -0.2) is 4.68 Å². The number of hydrogen-bond acceptors (Lipinski definition) is 6. The number of nitrogens with zero attached hydrogens (tertiary/aromatic N) is 3. The van der Waals surface area contributed by atoms with Gasteiger partial charge >= 0.3 is 0 Å². The second-order valence-electron chi connectivity index (χ2n) is 5.73. The Morgan fingerprint density at radius 2 is 1.75 bits per heavy atom. The molecule has 0 aliphatic rings. The molecule has 0 saturated heterocycles. The average molecular weight is 403 g/mol. The molecule has 1 amide bonds. The number of ether oxygens (including phenoxy) is 3. The van der Waals surface area contributed by atoms with Gasteiger partial charge in [-0.3, -0.25) is 4.79 Å². The number of carbonyl (C=O) groups excluding carboxylic acids is 1. The highest BCUT2D eigenvalue weighted by molar-refractivity contribution is 6.34. The monoisotopic (exact) mass is 402 g/mol. The molecule has 2 aromatic carbocycles. The first-order valence-electron chi connectivity index (χ1n) is 8.30. The molecule has 0 saturated carbocycles. The standard InChI is InChI=1S/C19H19ClN4O4/c1-26-11-17-18(19(25)21-16-10-14(28-3)8-9-15(16)20)22-23-24(17)12-4-6-13(27-2)7-5-12/h4-10H,11H2,1-3H3,(H,21,25). The molecule has 28 heavy (non-hydrogen) atoms. The number of anilines is 1. The minimum atomic E-state index is -0.457. The van der Waals surface area contributed by atoms with E-state index in [4.69, 9.17) is 25.8 Å². The first-order chi connectivity index (χ1) is 13.6. The topological polar surface area (TPSA) is 87.5 Å². The summed E-state index contributed by atoms with van der Waals surface area (Å²) in [6.07, 6.45) is 0. The zero-order valence-corrected chi connectivity index (χ0v) is 16.4. The van der Waals surface area contributed by atoms with Crippen LogP contribution in [0.15, 0.2) is 42.5 Å². The molecule has 9 heteroatoms. The van der Waals surface area contributed by atoms with E-state index in [1.54, 1.807) is 42.1 Å². The molecule has 0 spiro atoms. The summed E-state index contributed by atoms with van der Waals surface area (Å²) >= 11 is 6.17. The Morgan fingerprint density at radius 1 is 1.07 bits per heavy atom. The van der Waals surface area contributed by atoms with Crippen molar-refractivity contribution in [2.24, 2.45) is 0 Å². The van der Waals surface area contributed by atoms with Crippen LogP contribution in [0.4, 0.5) is 5.69 Å².